The van der Waals surface area contributed by atoms with Crippen LogP contribution in [0.5, 0.6) is 17.2 Å². The van der Waals surface area contributed by atoms with Gasteiger partial charge in [-0.05, 0) is 35.6 Å². The molecule has 26 heavy (non-hydrogen) atoms. The van der Waals surface area contributed by atoms with Gasteiger partial charge in [-0.2, -0.15) is 0 Å². The molecule has 4 nitrogen and oxygen atoms in total. The number of hydrogen-bond acceptors (Lipinski definition) is 4. The zero-order chi connectivity index (χ0) is 19.3. The Labute approximate surface area is 163 Å². The topological polar surface area (TPSA) is 44.8 Å². The largest absolute Gasteiger partial charge is 0.493 e. The number of carbonyl (C=O) groups is 1. The third-order valence-electron chi connectivity index (χ3n) is 4.07. The normalized spacial score (nSPS) is 11.2. The summed E-state index contributed by atoms with van der Waals surface area (Å²) in [6.07, 6.45) is 0.810. The fraction of sp³-hybridized carbons (Fsp3) is 0.381. The average molecular weight is 421 g/mol. The van der Waals surface area contributed by atoms with E-state index in [-0.39, 0.29) is 17.8 Å². The van der Waals surface area contributed by atoms with Crippen LogP contribution in [0.15, 0.2) is 40.9 Å². The van der Waals surface area contributed by atoms with Gasteiger partial charge in [0, 0.05) is 10.0 Å². The molecule has 0 atom stereocenters. The summed E-state index contributed by atoms with van der Waals surface area (Å²) in [5.41, 5.74) is 1.88. The van der Waals surface area contributed by atoms with Crippen LogP contribution in [-0.4, -0.2) is 20.2 Å². The minimum absolute atomic E-state index is 0.0940. The molecule has 140 valence electrons. The molecule has 0 amide bonds. The molecule has 0 unspecified atom stereocenters. The van der Waals surface area contributed by atoms with Gasteiger partial charge in [0.25, 0.3) is 0 Å². The molecule has 0 fully saturated rings. The van der Waals surface area contributed by atoms with Crippen molar-refractivity contribution in [2.75, 3.05) is 14.2 Å². The molecule has 0 aliphatic rings. The number of halogens is 1. The highest BCUT2D eigenvalue weighted by Crippen LogP contribution is 2.34. The number of esters is 1. The van der Waals surface area contributed by atoms with Crippen LogP contribution in [-0.2, 0) is 16.6 Å². The van der Waals surface area contributed by atoms with Gasteiger partial charge in [-0.1, -0.05) is 54.9 Å². The maximum atomic E-state index is 12.4. The van der Waals surface area contributed by atoms with Crippen molar-refractivity contribution in [1.29, 1.82) is 0 Å². The van der Waals surface area contributed by atoms with Gasteiger partial charge in [-0.25, -0.2) is 0 Å². The number of carbonyl (C=O) groups excluding carboxylic acids is 1. The van der Waals surface area contributed by atoms with E-state index in [1.807, 2.05) is 36.4 Å². The van der Waals surface area contributed by atoms with Crippen molar-refractivity contribution >= 4 is 21.9 Å². The summed E-state index contributed by atoms with van der Waals surface area (Å²) in [7, 11) is 3.18. The van der Waals surface area contributed by atoms with E-state index >= 15 is 0 Å². The molecule has 0 saturated carbocycles. The van der Waals surface area contributed by atoms with Gasteiger partial charge < -0.3 is 14.2 Å². The Morgan fingerprint density at radius 2 is 1.62 bits per heavy atom. The van der Waals surface area contributed by atoms with Gasteiger partial charge >= 0.3 is 5.97 Å². The number of methoxy groups -OCH3 is 2. The molecular weight excluding hydrogens is 396 g/mol. The second-order valence-corrected chi connectivity index (χ2v) is 7.87. The fourth-order valence-corrected chi connectivity index (χ4v) is 3.19. The maximum absolute atomic E-state index is 12.4. The van der Waals surface area contributed by atoms with E-state index < -0.39 is 0 Å². The Morgan fingerprint density at radius 1 is 1.00 bits per heavy atom. The van der Waals surface area contributed by atoms with Gasteiger partial charge in [-0.3, -0.25) is 4.79 Å². The zero-order valence-electron chi connectivity index (χ0n) is 15.9. The van der Waals surface area contributed by atoms with Crippen molar-refractivity contribution in [2.24, 2.45) is 0 Å². The Balaban J connectivity index is 2.09. The van der Waals surface area contributed by atoms with Gasteiger partial charge in [-0.15, -0.1) is 0 Å². The minimum Gasteiger partial charge on any atom is -0.493 e. The molecule has 0 aromatic heterocycles. The second kappa shape index (κ2) is 8.58. The number of hydrogen-bond donors (Lipinski definition) is 0. The Kier molecular flexibility index (Phi) is 6.70. The Hall–Kier alpha value is -2.01. The number of para-hydroxylation sites is 1. The molecule has 0 N–H and O–H groups in total. The third-order valence-corrected chi connectivity index (χ3v) is 4.81. The first-order chi connectivity index (χ1) is 12.3. The molecule has 0 spiro atoms. The number of benzene rings is 2. The van der Waals surface area contributed by atoms with Crippen LogP contribution in [0.1, 0.15) is 38.3 Å². The lowest BCUT2D eigenvalue weighted by Gasteiger charge is -2.22. The summed E-state index contributed by atoms with van der Waals surface area (Å²) < 4.78 is 17.1. The van der Waals surface area contributed by atoms with Crippen LogP contribution in [0, 0.1) is 0 Å². The molecule has 0 aliphatic heterocycles. The molecule has 0 aliphatic carbocycles. The highest BCUT2D eigenvalue weighted by Gasteiger charge is 2.20. The van der Waals surface area contributed by atoms with E-state index in [2.05, 4.69) is 36.7 Å². The lowest BCUT2D eigenvalue weighted by molar-refractivity contribution is -0.134. The van der Waals surface area contributed by atoms with E-state index in [9.17, 15) is 4.79 Å². The Bertz CT molecular complexity index is 778. The first-order valence-electron chi connectivity index (χ1n) is 8.47. The summed E-state index contributed by atoms with van der Waals surface area (Å²) in [5.74, 6) is 1.64. The highest BCUT2D eigenvalue weighted by atomic mass is 79.9. The maximum Gasteiger partial charge on any atom is 0.311 e. The van der Waals surface area contributed by atoms with Crippen molar-refractivity contribution in [3.05, 3.63) is 52.0 Å². The lowest BCUT2D eigenvalue weighted by Crippen LogP contribution is -2.16. The van der Waals surface area contributed by atoms with Crippen molar-refractivity contribution in [1.82, 2.24) is 0 Å². The number of aryl methyl sites for hydroxylation is 1. The van der Waals surface area contributed by atoms with Gasteiger partial charge in [0.15, 0.2) is 11.5 Å². The fourth-order valence-electron chi connectivity index (χ4n) is 2.67. The molecule has 2 aromatic carbocycles. The van der Waals surface area contributed by atoms with E-state index in [1.165, 1.54) is 0 Å². The van der Waals surface area contributed by atoms with E-state index in [0.717, 1.165) is 15.6 Å². The van der Waals surface area contributed by atoms with Crippen molar-refractivity contribution in [3.8, 4) is 17.2 Å². The van der Waals surface area contributed by atoms with Crippen molar-refractivity contribution in [2.45, 2.75) is 39.0 Å². The summed E-state index contributed by atoms with van der Waals surface area (Å²) in [5, 5.41) is 0. The predicted octanol–water partition coefficient (Wildman–Crippen LogP) is 5.30. The van der Waals surface area contributed by atoms with E-state index in [0.29, 0.717) is 23.7 Å². The first-order valence-corrected chi connectivity index (χ1v) is 9.26. The predicted molar refractivity (Wildman–Crippen MR) is 106 cm³/mol. The van der Waals surface area contributed by atoms with E-state index in [1.54, 1.807) is 14.2 Å². The summed E-state index contributed by atoms with van der Waals surface area (Å²) >= 11 is 3.52. The van der Waals surface area contributed by atoms with Crippen LogP contribution < -0.4 is 14.2 Å². The number of rotatable bonds is 6. The molecule has 2 rings (SSSR count). The van der Waals surface area contributed by atoms with Gasteiger partial charge in [0.2, 0.25) is 0 Å². The molecular formula is C21H25BrO4. The summed E-state index contributed by atoms with van der Waals surface area (Å²) in [6.45, 7) is 6.29. The molecule has 5 heteroatoms. The second-order valence-electron chi connectivity index (χ2n) is 7.02. The monoisotopic (exact) mass is 420 g/mol. The smallest absolute Gasteiger partial charge is 0.311 e. The van der Waals surface area contributed by atoms with Crippen molar-refractivity contribution in [3.63, 3.8) is 0 Å². The Morgan fingerprint density at radius 3 is 2.23 bits per heavy atom. The zero-order valence-corrected chi connectivity index (χ0v) is 17.5. The van der Waals surface area contributed by atoms with Gasteiger partial charge in [0.1, 0.15) is 5.75 Å². The molecule has 0 radical (unpaired) electrons. The van der Waals surface area contributed by atoms with Crippen LogP contribution in [0.3, 0.4) is 0 Å². The minimum atomic E-state index is -0.261. The number of ether oxygens (including phenoxy) is 3. The molecule has 0 heterocycles. The average Bonchev–Trinajstić information content (AvgIpc) is 2.59. The molecule has 0 bridgehead atoms. The quantitative estimate of drug-likeness (QED) is 0.469. The molecule has 0 saturated heterocycles. The molecule has 2 aromatic rings. The van der Waals surface area contributed by atoms with Crippen LogP contribution in [0.2, 0.25) is 0 Å². The van der Waals surface area contributed by atoms with Crippen LogP contribution in [0.4, 0.5) is 0 Å². The van der Waals surface area contributed by atoms with Crippen LogP contribution in [0.25, 0.3) is 0 Å². The summed E-state index contributed by atoms with van der Waals surface area (Å²) in [4.78, 5) is 12.4. The summed E-state index contributed by atoms with van der Waals surface area (Å²) in [6, 6.07) is 11.4. The van der Waals surface area contributed by atoms with Gasteiger partial charge in [0.05, 0.1) is 20.6 Å². The SMILES string of the molecule is COc1cc(Br)c(CCC(=O)Oc2ccccc2C(C)(C)C)cc1OC. The van der Waals surface area contributed by atoms with Crippen LogP contribution >= 0.6 is 15.9 Å². The standard InChI is InChI=1S/C21H25BrO4/c1-21(2,3)15-8-6-7-9-17(15)26-20(23)11-10-14-12-18(24-4)19(25-5)13-16(14)22/h6-9,12-13H,10-11H2,1-5H3. The lowest BCUT2D eigenvalue weighted by atomic mass is 9.86. The van der Waals surface area contributed by atoms with Crippen molar-refractivity contribution < 1.29 is 19.0 Å². The first kappa shape index (κ1) is 20.3. The highest BCUT2D eigenvalue weighted by molar-refractivity contribution is 9.10. The van der Waals surface area contributed by atoms with E-state index in [4.69, 9.17) is 14.2 Å². The third kappa shape index (κ3) is 5.01.